The lowest BCUT2D eigenvalue weighted by Crippen LogP contribution is -2.45. The van der Waals surface area contributed by atoms with Gasteiger partial charge in [0, 0.05) is 19.3 Å². The highest BCUT2D eigenvalue weighted by atomic mass is 16.5. The van der Waals surface area contributed by atoms with E-state index in [2.05, 4.69) is 22.9 Å². The van der Waals surface area contributed by atoms with Gasteiger partial charge < -0.3 is 15.4 Å². The van der Waals surface area contributed by atoms with Crippen molar-refractivity contribution in [3.05, 3.63) is 23.4 Å². The Balaban J connectivity index is 2.08. The van der Waals surface area contributed by atoms with Crippen molar-refractivity contribution in [3.63, 3.8) is 0 Å². The molecule has 2 rings (SSSR count). The molecule has 5 nitrogen and oxygen atoms in total. The molecule has 19 heavy (non-hydrogen) atoms. The molecule has 0 aliphatic carbocycles. The summed E-state index contributed by atoms with van der Waals surface area (Å²) in [7, 11) is 0. The molecule has 2 heterocycles. The number of nitrogens with two attached hydrogens (primary N) is 1. The summed E-state index contributed by atoms with van der Waals surface area (Å²) in [6, 6.07) is 3.99. The van der Waals surface area contributed by atoms with E-state index < -0.39 is 0 Å². The first-order chi connectivity index (χ1) is 9.08. The third-order valence-electron chi connectivity index (χ3n) is 3.73. The van der Waals surface area contributed by atoms with E-state index in [9.17, 15) is 0 Å². The topological polar surface area (TPSA) is 75.2 Å². The number of nitriles is 1. The lowest BCUT2D eigenvalue weighted by atomic mass is 9.93. The molecule has 1 aromatic rings. The number of aryl methyl sites for hydroxylation is 1. The van der Waals surface area contributed by atoms with Crippen molar-refractivity contribution < 1.29 is 4.74 Å². The highest BCUT2D eigenvalue weighted by molar-refractivity contribution is 5.49. The van der Waals surface area contributed by atoms with Gasteiger partial charge in [-0.05, 0) is 38.3 Å². The minimum absolute atomic E-state index is 0.119. The largest absolute Gasteiger partial charge is 0.360 e. The van der Waals surface area contributed by atoms with Gasteiger partial charge in [-0.3, -0.25) is 0 Å². The number of ether oxygens (including phenoxy) is 1. The predicted octanol–water partition coefficient (Wildman–Crippen LogP) is 1.55. The van der Waals surface area contributed by atoms with E-state index >= 15 is 0 Å². The van der Waals surface area contributed by atoms with E-state index in [4.69, 9.17) is 15.7 Å². The third kappa shape index (κ3) is 3.03. The van der Waals surface area contributed by atoms with Crippen LogP contribution in [-0.2, 0) is 4.74 Å². The van der Waals surface area contributed by atoms with Crippen LogP contribution < -0.4 is 10.6 Å². The molecule has 2 N–H and O–H groups in total. The SMILES string of the molecule is Cc1cc(C#N)cnc1N1CCC(C)(OCN)CC1. The molecule has 0 bridgehead atoms. The van der Waals surface area contributed by atoms with Crippen LogP contribution in [0.3, 0.4) is 0 Å². The van der Waals surface area contributed by atoms with Crippen molar-refractivity contribution >= 4 is 5.82 Å². The molecule has 5 heteroatoms. The van der Waals surface area contributed by atoms with Crippen molar-refractivity contribution in [2.45, 2.75) is 32.3 Å². The number of aromatic nitrogens is 1. The lowest BCUT2D eigenvalue weighted by Gasteiger charge is -2.39. The normalized spacial score (nSPS) is 18.1. The summed E-state index contributed by atoms with van der Waals surface area (Å²) in [4.78, 5) is 6.65. The maximum Gasteiger partial charge on any atom is 0.131 e. The first kappa shape index (κ1) is 13.8. The molecule has 1 aliphatic heterocycles. The average Bonchev–Trinajstić information content (AvgIpc) is 2.40. The highest BCUT2D eigenvalue weighted by Gasteiger charge is 2.31. The van der Waals surface area contributed by atoms with Gasteiger partial charge in [0.1, 0.15) is 11.9 Å². The Morgan fingerprint density at radius 3 is 2.74 bits per heavy atom. The fraction of sp³-hybridized carbons (Fsp3) is 0.571. The summed E-state index contributed by atoms with van der Waals surface area (Å²) >= 11 is 0. The van der Waals surface area contributed by atoms with E-state index in [0.717, 1.165) is 37.3 Å². The van der Waals surface area contributed by atoms with Crippen molar-refractivity contribution in [1.29, 1.82) is 5.26 Å². The molecule has 0 unspecified atom stereocenters. The maximum atomic E-state index is 8.86. The van der Waals surface area contributed by atoms with Gasteiger partial charge in [0.2, 0.25) is 0 Å². The van der Waals surface area contributed by atoms with Gasteiger partial charge in [-0.15, -0.1) is 0 Å². The summed E-state index contributed by atoms with van der Waals surface area (Å²) in [5.74, 6) is 0.966. The quantitative estimate of drug-likeness (QED) is 0.835. The van der Waals surface area contributed by atoms with Crippen LogP contribution in [0.15, 0.2) is 12.3 Å². The second-order valence-corrected chi connectivity index (χ2v) is 5.22. The summed E-state index contributed by atoms with van der Waals surface area (Å²) in [6.07, 6.45) is 3.50. The minimum Gasteiger partial charge on any atom is -0.360 e. The molecular formula is C14H20N4O. The summed E-state index contributed by atoms with van der Waals surface area (Å²) in [6.45, 7) is 6.17. The van der Waals surface area contributed by atoms with Crippen LogP contribution in [0.2, 0.25) is 0 Å². The van der Waals surface area contributed by atoms with Crippen molar-refractivity contribution in [1.82, 2.24) is 4.98 Å². The molecule has 0 amide bonds. The molecule has 0 spiro atoms. The smallest absolute Gasteiger partial charge is 0.131 e. The van der Waals surface area contributed by atoms with Gasteiger partial charge in [0.05, 0.1) is 17.9 Å². The Morgan fingerprint density at radius 2 is 2.21 bits per heavy atom. The molecule has 0 aromatic carbocycles. The molecule has 1 aromatic heterocycles. The van der Waals surface area contributed by atoms with Gasteiger partial charge in [-0.2, -0.15) is 5.26 Å². The van der Waals surface area contributed by atoms with Crippen LogP contribution in [-0.4, -0.2) is 30.4 Å². The van der Waals surface area contributed by atoms with Gasteiger partial charge in [-0.25, -0.2) is 4.98 Å². The number of piperidine rings is 1. The van der Waals surface area contributed by atoms with E-state index in [1.807, 2.05) is 13.0 Å². The zero-order chi connectivity index (χ0) is 13.9. The Bertz CT molecular complexity index is 487. The second-order valence-electron chi connectivity index (χ2n) is 5.22. The zero-order valence-corrected chi connectivity index (χ0v) is 11.5. The predicted molar refractivity (Wildman–Crippen MR) is 73.7 cm³/mol. The van der Waals surface area contributed by atoms with Gasteiger partial charge in [-0.1, -0.05) is 0 Å². The van der Waals surface area contributed by atoms with Gasteiger partial charge in [0.15, 0.2) is 0 Å². The van der Waals surface area contributed by atoms with Crippen LogP contribution in [0, 0.1) is 18.3 Å². The number of hydrogen-bond acceptors (Lipinski definition) is 5. The van der Waals surface area contributed by atoms with Crippen molar-refractivity contribution in [2.75, 3.05) is 24.7 Å². The number of rotatable bonds is 3. The first-order valence-corrected chi connectivity index (χ1v) is 6.54. The zero-order valence-electron chi connectivity index (χ0n) is 11.5. The number of nitrogens with zero attached hydrogens (tertiary/aromatic N) is 3. The molecule has 1 saturated heterocycles. The number of pyridine rings is 1. The third-order valence-corrected chi connectivity index (χ3v) is 3.73. The van der Waals surface area contributed by atoms with Crippen LogP contribution >= 0.6 is 0 Å². The fourth-order valence-electron chi connectivity index (χ4n) is 2.50. The second kappa shape index (κ2) is 5.55. The summed E-state index contributed by atoms with van der Waals surface area (Å²) in [5.41, 5.74) is 7.00. The Kier molecular flexibility index (Phi) is 4.03. The Morgan fingerprint density at radius 1 is 1.53 bits per heavy atom. The molecule has 1 aliphatic rings. The minimum atomic E-state index is -0.119. The van der Waals surface area contributed by atoms with Gasteiger partial charge >= 0.3 is 0 Å². The lowest BCUT2D eigenvalue weighted by molar-refractivity contribution is -0.0448. The van der Waals surface area contributed by atoms with E-state index in [1.54, 1.807) is 6.20 Å². The van der Waals surface area contributed by atoms with Crippen LogP contribution in [0.5, 0.6) is 0 Å². The first-order valence-electron chi connectivity index (χ1n) is 6.54. The van der Waals surface area contributed by atoms with Crippen LogP contribution in [0.4, 0.5) is 5.82 Å². The molecule has 1 fully saturated rings. The van der Waals surface area contributed by atoms with Crippen LogP contribution in [0.25, 0.3) is 0 Å². The van der Waals surface area contributed by atoms with E-state index in [1.165, 1.54) is 0 Å². The van der Waals surface area contributed by atoms with Gasteiger partial charge in [0.25, 0.3) is 0 Å². The van der Waals surface area contributed by atoms with Crippen molar-refractivity contribution in [3.8, 4) is 6.07 Å². The Labute approximate surface area is 114 Å². The Hall–Kier alpha value is -1.64. The maximum absolute atomic E-state index is 8.86. The van der Waals surface area contributed by atoms with E-state index in [-0.39, 0.29) is 12.3 Å². The highest BCUT2D eigenvalue weighted by Crippen LogP contribution is 2.29. The molecular weight excluding hydrogens is 240 g/mol. The molecule has 0 radical (unpaired) electrons. The standard InChI is InChI=1S/C14H20N4O/c1-11-7-12(8-15)9-17-13(11)18-5-3-14(2,4-6-18)19-10-16/h7,9H,3-6,10,16H2,1-2H3. The molecule has 0 atom stereocenters. The molecule has 102 valence electrons. The molecule has 0 saturated carbocycles. The fourth-order valence-corrected chi connectivity index (χ4v) is 2.50. The van der Waals surface area contributed by atoms with Crippen molar-refractivity contribution in [2.24, 2.45) is 5.73 Å². The number of hydrogen-bond donors (Lipinski definition) is 1. The van der Waals surface area contributed by atoms with Crippen LogP contribution in [0.1, 0.15) is 30.9 Å². The number of anilines is 1. The monoisotopic (exact) mass is 260 g/mol. The average molecular weight is 260 g/mol. The van der Waals surface area contributed by atoms with E-state index in [0.29, 0.717) is 5.56 Å². The summed E-state index contributed by atoms with van der Waals surface area (Å²) < 4.78 is 5.61. The summed E-state index contributed by atoms with van der Waals surface area (Å²) in [5, 5.41) is 8.86.